The Bertz CT molecular complexity index is 763. The first-order valence-corrected chi connectivity index (χ1v) is 9.31. The molecule has 2 heterocycles. The van der Waals surface area contributed by atoms with Gasteiger partial charge in [0, 0.05) is 0 Å². The molecule has 0 spiro atoms. The molecule has 1 aromatic heterocycles. The minimum atomic E-state index is -0.617. The van der Waals surface area contributed by atoms with Crippen LogP contribution in [0.4, 0.5) is 5.95 Å². The molecule has 0 saturated carbocycles. The summed E-state index contributed by atoms with van der Waals surface area (Å²) in [6, 6.07) is 9.32. The number of rotatable bonds is 5. The standard InChI is InChI=1S/C16H17ClN4O2S/c1-3-23-14(22)12-11(9-17)18-15-19-16(24-2)20-21(15)13(12)10-7-5-4-6-8-10/h4-8,12-13H,3,9H2,1-2H3. The van der Waals surface area contributed by atoms with Crippen LogP contribution in [0.15, 0.2) is 40.5 Å². The van der Waals surface area contributed by atoms with E-state index in [1.807, 2.05) is 36.6 Å². The first-order chi connectivity index (χ1) is 11.7. The number of carbonyl (C=O) groups is 1. The Morgan fingerprint density at radius 3 is 2.75 bits per heavy atom. The number of fused-ring (bicyclic) bond motifs is 1. The lowest BCUT2D eigenvalue weighted by atomic mass is 9.88. The van der Waals surface area contributed by atoms with E-state index in [0.717, 1.165) is 5.56 Å². The van der Waals surface area contributed by atoms with Crippen LogP contribution >= 0.6 is 23.4 Å². The van der Waals surface area contributed by atoms with Crippen molar-refractivity contribution in [2.24, 2.45) is 10.9 Å². The number of esters is 1. The zero-order valence-corrected chi connectivity index (χ0v) is 14.9. The topological polar surface area (TPSA) is 69.4 Å². The smallest absolute Gasteiger partial charge is 0.317 e. The normalized spacial score (nSPS) is 19.5. The fourth-order valence-corrected chi connectivity index (χ4v) is 3.33. The third kappa shape index (κ3) is 3.06. The van der Waals surface area contributed by atoms with Crippen LogP contribution in [-0.2, 0) is 9.53 Å². The summed E-state index contributed by atoms with van der Waals surface area (Å²) in [5, 5.41) is 5.10. The van der Waals surface area contributed by atoms with Crippen LogP contribution < -0.4 is 0 Å². The van der Waals surface area contributed by atoms with Crippen molar-refractivity contribution in [1.82, 2.24) is 14.8 Å². The van der Waals surface area contributed by atoms with Crippen LogP contribution in [0.5, 0.6) is 0 Å². The van der Waals surface area contributed by atoms with Gasteiger partial charge in [-0.25, -0.2) is 9.67 Å². The molecule has 0 bridgehead atoms. The summed E-state index contributed by atoms with van der Waals surface area (Å²) in [7, 11) is 0. The van der Waals surface area contributed by atoms with E-state index in [0.29, 0.717) is 23.4 Å². The van der Waals surface area contributed by atoms with E-state index in [2.05, 4.69) is 15.1 Å². The molecule has 0 aliphatic carbocycles. The van der Waals surface area contributed by atoms with Gasteiger partial charge in [-0.05, 0) is 18.7 Å². The molecule has 0 N–H and O–H groups in total. The molecule has 1 aliphatic rings. The van der Waals surface area contributed by atoms with Crippen molar-refractivity contribution in [3.05, 3.63) is 35.9 Å². The Kier molecular flexibility index (Phi) is 5.20. The highest BCUT2D eigenvalue weighted by Gasteiger charge is 2.41. The molecule has 0 amide bonds. The van der Waals surface area contributed by atoms with E-state index in [1.165, 1.54) is 11.8 Å². The molecular weight excluding hydrogens is 348 g/mol. The van der Waals surface area contributed by atoms with Crippen molar-refractivity contribution in [2.45, 2.75) is 18.1 Å². The number of aliphatic imine (C=N–C) groups is 1. The SMILES string of the molecule is CCOC(=O)C1C(CCl)=Nc2nc(SC)nn2C1c1ccccc1. The molecule has 1 aromatic carbocycles. The summed E-state index contributed by atoms with van der Waals surface area (Å²) < 4.78 is 6.96. The zero-order chi connectivity index (χ0) is 17.1. The lowest BCUT2D eigenvalue weighted by molar-refractivity contribution is -0.146. The van der Waals surface area contributed by atoms with Gasteiger partial charge in [0.25, 0.3) is 0 Å². The molecule has 126 valence electrons. The van der Waals surface area contributed by atoms with E-state index in [4.69, 9.17) is 16.3 Å². The number of benzene rings is 1. The number of hydrogen-bond acceptors (Lipinski definition) is 6. The average Bonchev–Trinajstić information content (AvgIpc) is 3.03. The second kappa shape index (κ2) is 7.36. The highest BCUT2D eigenvalue weighted by Crippen LogP contribution is 2.37. The van der Waals surface area contributed by atoms with E-state index < -0.39 is 5.92 Å². The van der Waals surface area contributed by atoms with Crippen LogP contribution in [-0.4, -0.2) is 45.2 Å². The van der Waals surface area contributed by atoms with Gasteiger partial charge in [0.2, 0.25) is 11.1 Å². The van der Waals surface area contributed by atoms with Crippen LogP contribution in [0.25, 0.3) is 0 Å². The molecule has 6 nitrogen and oxygen atoms in total. The Morgan fingerprint density at radius 2 is 2.12 bits per heavy atom. The van der Waals surface area contributed by atoms with Crippen LogP contribution in [0, 0.1) is 5.92 Å². The van der Waals surface area contributed by atoms with Crippen LogP contribution in [0.1, 0.15) is 18.5 Å². The van der Waals surface area contributed by atoms with E-state index >= 15 is 0 Å². The predicted molar refractivity (Wildman–Crippen MR) is 94.3 cm³/mol. The first-order valence-electron chi connectivity index (χ1n) is 7.55. The maximum absolute atomic E-state index is 12.6. The third-order valence-electron chi connectivity index (χ3n) is 3.78. The van der Waals surface area contributed by atoms with E-state index in [1.54, 1.807) is 11.6 Å². The van der Waals surface area contributed by atoms with Crippen molar-refractivity contribution < 1.29 is 9.53 Å². The highest BCUT2D eigenvalue weighted by atomic mass is 35.5. The molecule has 0 fully saturated rings. The number of nitrogens with zero attached hydrogens (tertiary/aromatic N) is 4. The number of ether oxygens (including phenoxy) is 1. The minimum absolute atomic E-state index is 0.133. The van der Waals surface area contributed by atoms with Gasteiger partial charge in [0.15, 0.2) is 0 Å². The van der Waals surface area contributed by atoms with Crippen molar-refractivity contribution >= 4 is 41.0 Å². The Labute approximate surface area is 149 Å². The molecule has 2 aromatic rings. The van der Waals surface area contributed by atoms with Gasteiger partial charge in [-0.2, -0.15) is 4.98 Å². The lowest BCUT2D eigenvalue weighted by Crippen LogP contribution is -2.39. The van der Waals surface area contributed by atoms with Gasteiger partial charge in [-0.1, -0.05) is 42.1 Å². The first kappa shape index (κ1) is 17.0. The maximum Gasteiger partial charge on any atom is 0.317 e. The van der Waals surface area contributed by atoms with Crippen LogP contribution in [0.3, 0.4) is 0 Å². The second-order valence-corrected chi connectivity index (χ2v) is 6.21. The number of thioether (sulfide) groups is 1. The lowest BCUT2D eigenvalue weighted by Gasteiger charge is -2.30. The van der Waals surface area contributed by atoms with Gasteiger partial charge in [0.1, 0.15) is 5.92 Å². The minimum Gasteiger partial charge on any atom is -0.465 e. The fourth-order valence-electron chi connectivity index (χ4n) is 2.76. The summed E-state index contributed by atoms with van der Waals surface area (Å²) >= 11 is 7.50. The quantitative estimate of drug-likeness (QED) is 0.463. The van der Waals surface area contributed by atoms with Crippen LogP contribution in [0.2, 0.25) is 0 Å². The average molecular weight is 365 g/mol. The highest BCUT2D eigenvalue weighted by molar-refractivity contribution is 7.98. The molecular formula is C16H17ClN4O2S. The number of carbonyl (C=O) groups excluding carboxylic acids is 1. The Morgan fingerprint density at radius 1 is 1.38 bits per heavy atom. The molecule has 0 radical (unpaired) electrons. The number of aromatic nitrogens is 3. The van der Waals surface area contributed by atoms with Gasteiger partial charge in [0.05, 0.1) is 24.2 Å². The Balaban J connectivity index is 2.16. The van der Waals surface area contributed by atoms with Crippen molar-refractivity contribution in [3.63, 3.8) is 0 Å². The molecule has 24 heavy (non-hydrogen) atoms. The molecule has 8 heteroatoms. The van der Waals surface area contributed by atoms with Gasteiger partial charge >= 0.3 is 5.97 Å². The zero-order valence-electron chi connectivity index (χ0n) is 13.3. The predicted octanol–water partition coefficient (Wildman–Crippen LogP) is 3.09. The molecule has 2 atom stereocenters. The van der Waals surface area contributed by atoms with Gasteiger partial charge in [-0.15, -0.1) is 16.7 Å². The largest absolute Gasteiger partial charge is 0.465 e. The molecule has 2 unspecified atom stereocenters. The summed E-state index contributed by atoms with van der Waals surface area (Å²) in [6.45, 7) is 2.08. The van der Waals surface area contributed by atoms with E-state index in [9.17, 15) is 4.79 Å². The summed E-state index contributed by atoms with van der Waals surface area (Å²) in [4.78, 5) is 21.5. The maximum atomic E-state index is 12.6. The van der Waals surface area contributed by atoms with Crippen molar-refractivity contribution in [3.8, 4) is 0 Å². The van der Waals surface area contributed by atoms with Crippen molar-refractivity contribution in [2.75, 3.05) is 18.7 Å². The monoisotopic (exact) mass is 364 g/mol. The molecule has 0 saturated heterocycles. The Hall–Kier alpha value is -1.86. The van der Waals surface area contributed by atoms with Crippen molar-refractivity contribution in [1.29, 1.82) is 0 Å². The molecule has 3 rings (SSSR count). The summed E-state index contributed by atoms with van der Waals surface area (Å²) in [6.07, 6.45) is 1.90. The number of hydrogen-bond donors (Lipinski definition) is 0. The van der Waals surface area contributed by atoms with Gasteiger partial charge in [-0.3, -0.25) is 4.79 Å². The molecule has 1 aliphatic heterocycles. The third-order valence-corrected chi connectivity index (χ3v) is 4.59. The van der Waals surface area contributed by atoms with E-state index in [-0.39, 0.29) is 17.9 Å². The fraction of sp³-hybridized carbons (Fsp3) is 0.375. The van der Waals surface area contributed by atoms with Gasteiger partial charge < -0.3 is 4.74 Å². The number of halogens is 1. The summed E-state index contributed by atoms with van der Waals surface area (Å²) in [5.41, 5.74) is 1.49. The number of alkyl halides is 1. The summed E-state index contributed by atoms with van der Waals surface area (Å²) in [5.74, 6) is -0.371. The second-order valence-electron chi connectivity index (χ2n) is 5.17.